The van der Waals surface area contributed by atoms with Gasteiger partial charge in [0.15, 0.2) is 16.4 Å². The van der Waals surface area contributed by atoms with Gasteiger partial charge in [0, 0.05) is 13.3 Å². The molecule has 1 aromatic rings. The number of esters is 1. The van der Waals surface area contributed by atoms with Gasteiger partial charge in [-0.25, -0.2) is 18.0 Å². The van der Waals surface area contributed by atoms with E-state index in [-0.39, 0.29) is 11.3 Å². The highest BCUT2D eigenvalue weighted by Crippen LogP contribution is 2.10. The molecule has 22 heavy (non-hydrogen) atoms. The second-order valence-electron chi connectivity index (χ2n) is 4.47. The Balaban J connectivity index is 2.64. The Morgan fingerprint density at radius 1 is 1.23 bits per heavy atom. The maximum absolute atomic E-state index is 11.8. The number of amides is 3. The molecule has 0 aliphatic carbocycles. The number of ether oxygens (including phenoxy) is 1. The number of rotatable bonds is 5. The van der Waals surface area contributed by atoms with Crippen molar-refractivity contribution in [2.45, 2.75) is 5.75 Å². The molecule has 120 valence electrons. The molecule has 0 heterocycles. The fraction of sp³-hybridized carbons (Fsp3) is 0.308. The molecule has 0 saturated heterocycles. The molecular weight excluding hydrogens is 312 g/mol. The molecule has 1 aromatic carbocycles. The summed E-state index contributed by atoms with van der Waals surface area (Å²) in [5.74, 6) is -1.77. The largest absolute Gasteiger partial charge is 0.452 e. The predicted octanol–water partition coefficient (Wildman–Crippen LogP) is -0.156. The molecule has 0 aliphatic rings. The molecule has 8 nitrogen and oxygen atoms in total. The molecule has 2 N–H and O–H groups in total. The van der Waals surface area contributed by atoms with Crippen LogP contribution in [0.5, 0.6) is 0 Å². The summed E-state index contributed by atoms with van der Waals surface area (Å²) < 4.78 is 27.2. The number of urea groups is 1. The molecule has 1 rings (SSSR count). The van der Waals surface area contributed by atoms with Crippen LogP contribution in [0.2, 0.25) is 0 Å². The average Bonchev–Trinajstić information content (AvgIpc) is 2.43. The van der Waals surface area contributed by atoms with E-state index in [4.69, 9.17) is 4.74 Å². The van der Waals surface area contributed by atoms with E-state index in [1.807, 2.05) is 5.32 Å². The highest BCUT2D eigenvalue weighted by molar-refractivity contribution is 7.89. The van der Waals surface area contributed by atoms with Crippen LogP contribution in [0.25, 0.3) is 0 Å². The monoisotopic (exact) mass is 328 g/mol. The summed E-state index contributed by atoms with van der Waals surface area (Å²) >= 11 is 0. The number of benzene rings is 1. The molecule has 0 radical (unpaired) electrons. The van der Waals surface area contributed by atoms with Gasteiger partial charge >= 0.3 is 12.0 Å². The van der Waals surface area contributed by atoms with Crippen LogP contribution in [-0.2, 0) is 25.1 Å². The van der Waals surface area contributed by atoms with Crippen LogP contribution in [0.15, 0.2) is 24.3 Å². The molecule has 0 aromatic heterocycles. The summed E-state index contributed by atoms with van der Waals surface area (Å²) in [4.78, 5) is 33.9. The zero-order valence-corrected chi connectivity index (χ0v) is 12.9. The molecule has 0 aliphatic heterocycles. The fourth-order valence-electron chi connectivity index (χ4n) is 1.53. The van der Waals surface area contributed by atoms with E-state index in [0.717, 1.165) is 6.26 Å². The molecule has 9 heteroatoms. The van der Waals surface area contributed by atoms with Crippen molar-refractivity contribution in [2.24, 2.45) is 0 Å². The van der Waals surface area contributed by atoms with Crippen molar-refractivity contribution in [3.8, 4) is 0 Å². The number of carbonyl (C=O) groups is 3. The lowest BCUT2D eigenvalue weighted by Gasteiger charge is -2.06. The smallest absolute Gasteiger partial charge is 0.338 e. The van der Waals surface area contributed by atoms with Gasteiger partial charge in [0.2, 0.25) is 0 Å². The average molecular weight is 328 g/mol. The van der Waals surface area contributed by atoms with Crippen molar-refractivity contribution in [2.75, 3.05) is 19.9 Å². The fourth-order valence-corrected chi connectivity index (χ4v) is 2.32. The lowest BCUT2D eigenvalue weighted by atomic mass is 10.1. The summed E-state index contributed by atoms with van der Waals surface area (Å²) in [7, 11) is -1.89. The van der Waals surface area contributed by atoms with E-state index in [2.05, 4.69) is 5.32 Å². The zero-order chi connectivity index (χ0) is 16.8. The minimum atomic E-state index is -3.22. The molecular formula is C13H16N2O6S. The standard InChI is InChI=1S/C13H16N2O6S/c1-14-13(18)15-11(16)7-21-12(17)10-5-3-4-9(6-10)8-22(2,19)20/h3-6H,7-8H2,1-2H3,(H2,14,15,16,18). The number of sulfone groups is 1. The molecule has 0 atom stereocenters. The van der Waals surface area contributed by atoms with E-state index >= 15 is 0 Å². The van der Waals surface area contributed by atoms with Gasteiger partial charge in [0.25, 0.3) is 5.91 Å². The number of hydrogen-bond acceptors (Lipinski definition) is 6. The van der Waals surface area contributed by atoms with E-state index in [9.17, 15) is 22.8 Å². The van der Waals surface area contributed by atoms with Crippen LogP contribution < -0.4 is 10.6 Å². The first-order valence-corrected chi connectivity index (χ1v) is 8.22. The highest BCUT2D eigenvalue weighted by Gasteiger charge is 2.13. The van der Waals surface area contributed by atoms with Gasteiger partial charge in [0.05, 0.1) is 11.3 Å². The van der Waals surface area contributed by atoms with Crippen molar-refractivity contribution in [3.05, 3.63) is 35.4 Å². The van der Waals surface area contributed by atoms with Crippen molar-refractivity contribution in [3.63, 3.8) is 0 Å². The highest BCUT2D eigenvalue weighted by atomic mass is 32.2. The lowest BCUT2D eigenvalue weighted by molar-refractivity contribution is -0.123. The molecule has 3 amide bonds. The SMILES string of the molecule is CNC(=O)NC(=O)COC(=O)c1cccc(CS(C)(=O)=O)c1. The summed E-state index contributed by atoms with van der Waals surface area (Å²) in [6, 6.07) is 5.18. The Bertz CT molecular complexity index is 684. The second-order valence-corrected chi connectivity index (χ2v) is 6.61. The van der Waals surface area contributed by atoms with Crippen molar-refractivity contribution < 1.29 is 27.5 Å². The van der Waals surface area contributed by atoms with Gasteiger partial charge < -0.3 is 10.1 Å². The summed E-state index contributed by atoms with van der Waals surface area (Å²) in [5.41, 5.74) is 0.556. The van der Waals surface area contributed by atoms with Crippen LogP contribution >= 0.6 is 0 Å². The quantitative estimate of drug-likeness (QED) is 0.725. The van der Waals surface area contributed by atoms with Gasteiger partial charge in [-0.1, -0.05) is 12.1 Å². The van der Waals surface area contributed by atoms with Crippen LogP contribution in [-0.4, -0.2) is 46.2 Å². The molecule has 0 spiro atoms. The van der Waals surface area contributed by atoms with E-state index in [1.54, 1.807) is 6.07 Å². The lowest BCUT2D eigenvalue weighted by Crippen LogP contribution is -2.39. The Labute approximate surface area is 127 Å². The van der Waals surface area contributed by atoms with E-state index < -0.39 is 34.4 Å². The number of nitrogens with one attached hydrogen (secondary N) is 2. The van der Waals surface area contributed by atoms with Crippen molar-refractivity contribution in [1.82, 2.24) is 10.6 Å². The third-order valence-corrected chi connectivity index (χ3v) is 3.26. The van der Waals surface area contributed by atoms with Crippen molar-refractivity contribution >= 4 is 27.7 Å². The molecule has 0 bridgehead atoms. The van der Waals surface area contributed by atoms with Gasteiger partial charge in [0.1, 0.15) is 0 Å². The third kappa shape index (κ3) is 6.35. The summed E-state index contributed by atoms with van der Waals surface area (Å²) in [5, 5.41) is 4.11. The molecule has 0 fully saturated rings. The first-order valence-electron chi connectivity index (χ1n) is 6.16. The van der Waals surface area contributed by atoms with Gasteiger partial charge in [-0.3, -0.25) is 10.1 Å². The van der Waals surface area contributed by atoms with Crippen molar-refractivity contribution in [1.29, 1.82) is 0 Å². The topological polar surface area (TPSA) is 119 Å². The zero-order valence-electron chi connectivity index (χ0n) is 12.1. The van der Waals surface area contributed by atoms with E-state index in [0.29, 0.717) is 5.56 Å². The maximum Gasteiger partial charge on any atom is 0.338 e. The summed E-state index contributed by atoms with van der Waals surface area (Å²) in [6.45, 7) is -0.622. The minimum Gasteiger partial charge on any atom is -0.452 e. The minimum absolute atomic E-state index is 0.119. The second kappa shape index (κ2) is 7.55. The molecule has 0 unspecified atom stereocenters. The predicted molar refractivity (Wildman–Crippen MR) is 77.9 cm³/mol. The van der Waals surface area contributed by atoms with Crippen LogP contribution in [0.1, 0.15) is 15.9 Å². The maximum atomic E-state index is 11.8. The third-order valence-electron chi connectivity index (χ3n) is 2.41. The van der Waals surface area contributed by atoms with Gasteiger partial charge in [-0.2, -0.15) is 0 Å². The first kappa shape index (κ1) is 17.6. The van der Waals surface area contributed by atoms with Gasteiger partial charge in [-0.05, 0) is 17.7 Å². The Hall–Kier alpha value is -2.42. The van der Waals surface area contributed by atoms with Crippen LogP contribution in [0.4, 0.5) is 4.79 Å². The summed E-state index contributed by atoms with van der Waals surface area (Å²) in [6.07, 6.45) is 1.08. The number of hydrogen-bond donors (Lipinski definition) is 2. The normalized spacial score (nSPS) is 10.6. The Morgan fingerprint density at radius 2 is 1.91 bits per heavy atom. The van der Waals surface area contributed by atoms with E-state index in [1.165, 1.54) is 25.2 Å². The van der Waals surface area contributed by atoms with Crippen LogP contribution in [0, 0.1) is 0 Å². The number of imide groups is 1. The van der Waals surface area contributed by atoms with Gasteiger partial charge in [-0.15, -0.1) is 0 Å². The number of carbonyl (C=O) groups excluding carboxylic acids is 3. The Kier molecular flexibility index (Phi) is 6.05. The Morgan fingerprint density at radius 3 is 2.50 bits per heavy atom. The molecule has 0 saturated carbocycles. The van der Waals surface area contributed by atoms with Crippen LogP contribution in [0.3, 0.4) is 0 Å². The first-order chi connectivity index (χ1) is 10.2.